The quantitative estimate of drug-likeness (QED) is 0.904. The van der Waals surface area contributed by atoms with E-state index in [0.717, 1.165) is 42.9 Å². The first-order chi connectivity index (χ1) is 9.11. The normalized spacial score (nSPS) is 19.3. The fourth-order valence-corrected chi connectivity index (χ4v) is 2.72. The highest BCUT2D eigenvalue weighted by Gasteiger charge is 2.23. The summed E-state index contributed by atoms with van der Waals surface area (Å²) in [6.07, 6.45) is 2.35. The summed E-state index contributed by atoms with van der Waals surface area (Å²) in [5, 5.41) is 3.29. The van der Waals surface area contributed by atoms with E-state index in [1.165, 1.54) is 6.42 Å². The summed E-state index contributed by atoms with van der Waals surface area (Å²) < 4.78 is 0. The second-order valence-electron chi connectivity index (χ2n) is 5.58. The van der Waals surface area contributed by atoms with Crippen LogP contribution in [0.15, 0.2) is 18.2 Å². The molecule has 2 rings (SSSR count). The van der Waals surface area contributed by atoms with E-state index >= 15 is 0 Å². The summed E-state index contributed by atoms with van der Waals surface area (Å²) in [5.74, 6) is 0.788. The zero-order valence-corrected chi connectivity index (χ0v) is 12.2. The standard InChI is InChI=1S/C16H24N2O/c1-4-17-15-8-7-12(2)10-14(15)16(19)18-9-5-6-13(3)11-18/h7-8,10,13,17H,4-6,9,11H2,1-3H3. The predicted molar refractivity (Wildman–Crippen MR) is 79.6 cm³/mol. The van der Waals surface area contributed by atoms with E-state index in [9.17, 15) is 4.79 Å². The first-order valence-electron chi connectivity index (χ1n) is 7.25. The highest BCUT2D eigenvalue weighted by atomic mass is 16.2. The summed E-state index contributed by atoms with van der Waals surface area (Å²) in [5.41, 5.74) is 2.90. The number of rotatable bonds is 3. The van der Waals surface area contributed by atoms with Gasteiger partial charge in [-0.1, -0.05) is 18.6 Å². The van der Waals surface area contributed by atoms with Crippen LogP contribution in [0.5, 0.6) is 0 Å². The minimum atomic E-state index is 0.172. The van der Waals surface area contributed by atoms with Crippen molar-refractivity contribution < 1.29 is 4.79 Å². The van der Waals surface area contributed by atoms with Crippen molar-refractivity contribution in [2.45, 2.75) is 33.6 Å². The first-order valence-corrected chi connectivity index (χ1v) is 7.25. The number of amides is 1. The highest BCUT2D eigenvalue weighted by molar-refractivity contribution is 5.99. The third-order valence-electron chi connectivity index (χ3n) is 3.72. The van der Waals surface area contributed by atoms with Crippen molar-refractivity contribution in [2.24, 2.45) is 5.92 Å². The van der Waals surface area contributed by atoms with Gasteiger partial charge >= 0.3 is 0 Å². The van der Waals surface area contributed by atoms with Crippen LogP contribution in [0.1, 0.15) is 42.6 Å². The third kappa shape index (κ3) is 3.28. The second-order valence-corrected chi connectivity index (χ2v) is 5.58. The van der Waals surface area contributed by atoms with Crippen LogP contribution in [0.2, 0.25) is 0 Å². The predicted octanol–water partition coefficient (Wildman–Crippen LogP) is 3.30. The lowest BCUT2D eigenvalue weighted by atomic mass is 9.99. The fraction of sp³-hybridized carbons (Fsp3) is 0.562. The summed E-state index contributed by atoms with van der Waals surface area (Å²) in [7, 11) is 0. The number of nitrogens with one attached hydrogen (secondary N) is 1. The molecule has 1 fully saturated rings. The number of benzene rings is 1. The topological polar surface area (TPSA) is 32.3 Å². The van der Waals surface area contributed by atoms with Crippen molar-refractivity contribution in [1.29, 1.82) is 0 Å². The van der Waals surface area contributed by atoms with Gasteiger partial charge < -0.3 is 10.2 Å². The van der Waals surface area contributed by atoms with E-state index in [1.807, 2.05) is 30.0 Å². The van der Waals surface area contributed by atoms with Crippen LogP contribution in [-0.4, -0.2) is 30.4 Å². The molecule has 19 heavy (non-hydrogen) atoms. The molecule has 1 aromatic rings. The van der Waals surface area contributed by atoms with Gasteiger partial charge in [0.1, 0.15) is 0 Å². The average molecular weight is 260 g/mol. The molecule has 1 unspecified atom stereocenters. The van der Waals surface area contributed by atoms with Gasteiger partial charge in [0.05, 0.1) is 5.56 Å². The van der Waals surface area contributed by atoms with Gasteiger partial charge in [0.25, 0.3) is 5.91 Å². The summed E-state index contributed by atoms with van der Waals surface area (Å²) >= 11 is 0. The van der Waals surface area contributed by atoms with Crippen molar-refractivity contribution in [3.05, 3.63) is 29.3 Å². The summed E-state index contributed by atoms with van der Waals surface area (Å²) in [6, 6.07) is 6.06. The molecular weight excluding hydrogens is 236 g/mol. The van der Waals surface area contributed by atoms with E-state index in [2.05, 4.69) is 19.2 Å². The van der Waals surface area contributed by atoms with Crippen molar-refractivity contribution in [3.63, 3.8) is 0 Å². The van der Waals surface area contributed by atoms with Crippen LogP contribution < -0.4 is 5.32 Å². The smallest absolute Gasteiger partial charge is 0.255 e. The molecule has 3 heteroatoms. The summed E-state index contributed by atoms with van der Waals surface area (Å²) in [6.45, 7) is 8.92. The Morgan fingerprint density at radius 3 is 2.95 bits per heavy atom. The van der Waals surface area contributed by atoms with Crippen LogP contribution in [0.4, 0.5) is 5.69 Å². The molecule has 0 radical (unpaired) electrons. The van der Waals surface area contributed by atoms with Crippen LogP contribution in [0, 0.1) is 12.8 Å². The van der Waals surface area contributed by atoms with Crippen molar-refractivity contribution >= 4 is 11.6 Å². The molecule has 1 N–H and O–H groups in total. The number of hydrogen-bond donors (Lipinski definition) is 1. The third-order valence-corrected chi connectivity index (χ3v) is 3.72. The van der Waals surface area contributed by atoms with Crippen LogP contribution in [0.25, 0.3) is 0 Å². The number of anilines is 1. The van der Waals surface area contributed by atoms with Crippen LogP contribution >= 0.6 is 0 Å². The van der Waals surface area contributed by atoms with Crippen molar-refractivity contribution in [2.75, 3.05) is 25.0 Å². The molecule has 104 valence electrons. The molecule has 1 aromatic carbocycles. The molecule has 1 atom stereocenters. The lowest BCUT2D eigenvalue weighted by Gasteiger charge is -2.31. The Morgan fingerprint density at radius 2 is 2.26 bits per heavy atom. The maximum atomic E-state index is 12.7. The van der Waals surface area contributed by atoms with Crippen LogP contribution in [-0.2, 0) is 0 Å². The molecule has 0 aromatic heterocycles. The minimum absolute atomic E-state index is 0.172. The van der Waals surface area contributed by atoms with Gasteiger partial charge in [-0.3, -0.25) is 4.79 Å². The molecule has 1 aliphatic rings. The first kappa shape index (κ1) is 13.9. The Bertz CT molecular complexity index is 456. The molecular formula is C16H24N2O. The number of hydrogen-bond acceptors (Lipinski definition) is 2. The number of carbonyl (C=O) groups is 1. The molecule has 1 saturated heterocycles. The van der Waals surface area contributed by atoms with E-state index in [1.54, 1.807) is 0 Å². The molecule has 1 heterocycles. The number of piperidine rings is 1. The number of aryl methyl sites for hydroxylation is 1. The molecule has 1 amide bonds. The Hall–Kier alpha value is -1.51. The number of likely N-dealkylation sites (tertiary alicyclic amines) is 1. The van der Waals surface area contributed by atoms with Gasteiger partial charge in [-0.2, -0.15) is 0 Å². The largest absolute Gasteiger partial charge is 0.385 e. The molecule has 0 aliphatic carbocycles. The van der Waals surface area contributed by atoms with Crippen molar-refractivity contribution in [1.82, 2.24) is 4.90 Å². The Kier molecular flexibility index (Phi) is 4.46. The van der Waals surface area contributed by atoms with Crippen LogP contribution in [0.3, 0.4) is 0 Å². The lowest BCUT2D eigenvalue weighted by molar-refractivity contribution is 0.0684. The fourth-order valence-electron chi connectivity index (χ4n) is 2.72. The molecule has 0 saturated carbocycles. The molecule has 0 spiro atoms. The Labute approximate surface area is 116 Å². The summed E-state index contributed by atoms with van der Waals surface area (Å²) in [4.78, 5) is 14.7. The minimum Gasteiger partial charge on any atom is -0.385 e. The molecule has 3 nitrogen and oxygen atoms in total. The van der Waals surface area contributed by atoms with Gasteiger partial charge in [0.2, 0.25) is 0 Å². The maximum Gasteiger partial charge on any atom is 0.255 e. The van der Waals surface area contributed by atoms with Gasteiger partial charge in [-0.25, -0.2) is 0 Å². The van der Waals surface area contributed by atoms with E-state index in [-0.39, 0.29) is 5.91 Å². The van der Waals surface area contributed by atoms with E-state index < -0.39 is 0 Å². The Balaban J connectivity index is 2.24. The zero-order chi connectivity index (χ0) is 13.8. The average Bonchev–Trinajstić information content (AvgIpc) is 2.40. The number of nitrogens with zero attached hydrogens (tertiary/aromatic N) is 1. The zero-order valence-electron chi connectivity index (χ0n) is 12.2. The lowest BCUT2D eigenvalue weighted by Crippen LogP contribution is -2.39. The number of carbonyl (C=O) groups excluding carboxylic acids is 1. The van der Waals surface area contributed by atoms with E-state index in [4.69, 9.17) is 0 Å². The SMILES string of the molecule is CCNc1ccc(C)cc1C(=O)N1CCCC(C)C1. The van der Waals surface area contributed by atoms with Crippen molar-refractivity contribution in [3.8, 4) is 0 Å². The Morgan fingerprint density at radius 1 is 1.47 bits per heavy atom. The molecule has 1 aliphatic heterocycles. The van der Waals surface area contributed by atoms with E-state index in [0.29, 0.717) is 5.92 Å². The second kappa shape index (κ2) is 6.09. The maximum absolute atomic E-state index is 12.7. The molecule has 0 bridgehead atoms. The van der Waals surface area contributed by atoms with Gasteiger partial charge in [-0.05, 0) is 44.7 Å². The van der Waals surface area contributed by atoms with Gasteiger partial charge in [0.15, 0.2) is 0 Å². The van der Waals surface area contributed by atoms with Gasteiger partial charge in [-0.15, -0.1) is 0 Å². The monoisotopic (exact) mass is 260 g/mol. The highest BCUT2D eigenvalue weighted by Crippen LogP contribution is 2.23. The van der Waals surface area contributed by atoms with Gasteiger partial charge in [0, 0.05) is 25.3 Å².